The van der Waals surface area contributed by atoms with Gasteiger partial charge < -0.3 is 9.84 Å². The summed E-state index contributed by atoms with van der Waals surface area (Å²) in [6, 6.07) is 16.2. The normalized spacial score (nSPS) is 12.3. The summed E-state index contributed by atoms with van der Waals surface area (Å²) in [4.78, 5) is 17.0. The smallest absolute Gasteiger partial charge is 0.306 e. The van der Waals surface area contributed by atoms with Crippen molar-refractivity contribution in [1.29, 1.82) is 0 Å². The second-order valence-electron chi connectivity index (χ2n) is 4.60. The fourth-order valence-electron chi connectivity index (χ4n) is 2.15. The van der Waals surface area contributed by atoms with Gasteiger partial charge in [0.15, 0.2) is 6.29 Å². The van der Waals surface area contributed by atoms with E-state index in [1.807, 2.05) is 18.2 Å². The van der Waals surface area contributed by atoms with Gasteiger partial charge in [0.05, 0.1) is 16.6 Å². The van der Waals surface area contributed by atoms with Crippen LogP contribution in [0.4, 0.5) is 0 Å². The van der Waals surface area contributed by atoms with Gasteiger partial charge >= 0.3 is 6.01 Å². The summed E-state index contributed by atoms with van der Waals surface area (Å²) in [5.41, 5.74) is 0.934. The summed E-state index contributed by atoms with van der Waals surface area (Å²) in [6.45, 7) is 1.47. The minimum atomic E-state index is -1.06. The highest BCUT2D eigenvalue weighted by Crippen LogP contribution is 2.18. The number of ether oxygens (including phenoxy) is 1. The van der Waals surface area contributed by atoms with Crippen LogP contribution in [0.2, 0.25) is 0 Å². The number of para-hydroxylation sites is 2. The average molecular weight is 282 g/mol. The number of hydrogen-bond acceptors (Lipinski definition) is 4. The minimum absolute atomic E-state index is 0.0694. The molecule has 0 saturated carbocycles. The van der Waals surface area contributed by atoms with Crippen molar-refractivity contribution in [2.24, 2.45) is 0 Å². The first kappa shape index (κ1) is 13.3. The molecule has 3 rings (SSSR count). The summed E-state index contributed by atoms with van der Waals surface area (Å²) < 4.78 is 6.65. The van der Waals surface area contributed by atoms with Gasteiger partial charge in [-0.15, -0.1) is 0 Å². The lowest BCUT2D eigenvalue weighted by Crippen LogP contribution is -2.24. The molecule has 0 amide bonds. The van der Waals surface area contributed by atoms with E-state index < -0.39 is 6.29 Å². The van der Waals surface area contributed by atoms with E-state index in [0.29, 0.717) is 16.6 Å². The molecule has 1 atom stereocenters. The zero-order chi connectivity index (χ0) is 14.8. The fraction of sp³-hybridized carbons (Fsp3) is 0.125. The topological polar surface area (TPSA) is 64.3 Å². The number of benzene rings is 2. The number of rotatable bonds is 3. The second kappa shape index (κ2) is 5.38. The van der Waals surface area contributed by atoms with Crippen molar-refractivity contribution < 1.29 is 9.84 Å². The molecule has 21 heavy (non-hydrogen) atoms. The van der Waals surface area contributed by atoms with Gasteiger partial charge in [-0.25, -0.2) is 4.57 Å². The molecule has 0 aliphatic rings. The Kier molecular flexibility index (Phi) is 3.41. The van der Waals surface area contributed by atoms with Crippen LogP contribution in [0.3, 0.4) is 0 Å². The van der Waals surface area contributed by atoms with Crippen molar-refractivity contribution in [2.75, 3.05) is 0 Å². The molecule has 0 spiro atoms. The Hall–Kier alpha value is -2.66. The molecule has 0 fully saturated rings. The monoisotopic (exact) mass is 282 g/mol. The molecule has 2 aromatic carbocycles. The van der Waals surface area contributed by atoms with Crippen molar-refractivity contribution in [3.05, 3.63) is 65.0 Å². The first-order valence-corrected chi connectivity index (χ1v) is 6.59. The summed E-state index contributed by atoms with van der Waals surface area (Å²) in [6.07, 6.45) is -1.06. The summed E-state index contributed by atoms with van der Waals surface area (Å²) in [7, 11) is 0. The molecule has 1 N–H and O–H groups in total. The first-order chi connectivity index (χ1) is 10.2. The van der Waals surface area contributed by atoms with E-state index in [0.717, 1.165) is 0 Å². The molecule has 5 heteroatoms. The van der Waals surface area contributed by atoms with E-state index in [9.17, 15) is 9.90 Å². The second-order valence-corrected chi connectivity index (χ2v) is 4.60. The van der Waals surface area contributed by atoms with Crippen LogP contribution in [0, 0.1) is 0 Å². The molecular weight excluding hydrogens is 268 g/mol. The van der Waals surface area contributed by atoms with Crippen molar-refractivity contribution in [3.8, 4) is 11.7 Å². The number of fused-ring (bicyclic) bond motifs is 1. The molecular formula is C16H14N2O3. The van der Waals surface area contributed by atoms with Gasteiger partial charge in [0.2, 0.25) is 0 Å². The van der Waals surface area contributed by atoms with Crippen LogP contribution >= 0.6 is 0 Å². The molecule has 0 radical (unpaired) electrons. The predicted molar refractivity (Wildman–Crippen MR) is 79.6 cm³/mol. The summed E-state index contributed by atoms with van der Waals surface area (Å²) in [5.74, 6) is 0. The quantitative estimate of drug-likeness (QED) is 0.747. The van der Waals surface area contributed by atoms with Gasteiger partial charge in [0.25, 0.3) is 5.56 Å². The maximum atomic E-state index is 12.7. The van der Waals surface area contributed by atoms with Gasteiger partial charge in [0, 0.05) is 0 Å². The standard InChI is InChI=1S/C16H14N2O3/c1-11(19)21-16-17-14-10-6-5-9-13(14)15(20)18(16)12-7-3-2-4-8-12/h2-11,19H,1H3. The largest absolute Gasteiger partial charge is 0.435 e. The van der Waals surface area contributed by atoms with Crippen LogP contribution in [0.15, 0.2) is 59.4 Å². The van der Waals surface area contributed by atoms with E-state index in [2.05, 4.69) is 4.98 Å². The Morgan fingerprint density at radius 2 is 1.76 bits per heavy atom. The first-order valence-electron chi connectivity index (χ1n) is 6.59. The molecule has 1 unspecified atom stereocenters. The van der Waals surface area contributed by atoms with E-state index >= 15 is 0 Å². The Morgan fingerprint density at radius 1 is 1.10 bits per heavy atom. The number of aromatic nitrogens is 2. The van der Waals surface area contributed by atoms with Crippen LogP contribution in [-0.4, -0.2) is 20.9 Å². The highest BCUT2D eigenvalue weighted by molar-refractivity contribution is 5.78. The summed E-state index contributed by atoms with van der Waals surface area (Å²) in [5, 5.41) is 9.96. The Morgan fingerprint density at radius 3 is 2.48 bits per heavy atom. The van der Waals surface area contributed by atoms with Crippen LogP contribution in [0.25, 0.3) is 16.6 Å². The highest BCUT2D eigenvalue weighted by atomic mass is 16.6. The van der Waals surface area contributed by atoms with Gasteiger partial charge in [-0.1, -0.05) is 30.3 Å². The zero-order valence-electron chi connectivity index (χ0n) is 11.4. The maximum absolute atomic E-state index is 12.7. The molecule has 1 aromatic heterocycles. The third-order valence-corrected chi connectivity index (χ3v) is 3.04. The van der Waals surface area contributed by atoms with E-state index in [1.165, 1.54) is 11.5 Å². The number of aliphatic hydroxyl groups excluding tert-OH is 1. The van der Waals surface area contributed by atoms with Gasteiger partial charge in [-0.2, -0.15) is 4.98 Å². The van der Waals surface area contributed by atoms with E-state index in [4.69, 9.17) is 4.74 Å². The van der Waals surface area contributed by atoms with Crippen molar-refractivity contribution in [1.82, 2.24) is 9.55 Å². The predicted octanol–water partition coefficient (Wildman–Crippen LogP) is 2.10. The molecule has 0 aliphatic heterocycles. The molecule has 106 valence electrons. The lowest BCUT2D eigenvalue weighted by molar-refractivity contribution is -0.00906. The lowest BCUT2D eigenvalue weighted by Gasteiger charge is -2.15. The molecule has 0 aliphatic carbocycles. The Labute approximate surface area is 121 Å². The molecule has 3 aromatic rings. The zero-order valence-corrected chi connectivity index (χ0v) is 11.4. The van der Waals surface area contributed by atoms with E-state index in [1.54, 1.807) is 36.4 Å². The minimum Gasteiger partial charge on any atom is -0.435 e. The van der Waals surface area contributed by atoms with Crippen LogP contribution in [0.5, 0.6) is 6.01 Å². The van der Waals surface area contributed by atoms with Gasteiger partial charge in [-0.05, 0) is 31.2 Å². The van der Waals surface area contributed by atoms with Crippen LogP contribution < -0.4 is 10.3 Å². The molecule has 5 nitrogen and oxygen atoms in total. The number of hydrogen-bond donors (Lipinski definition) is 1. The van der Waals surface area contributed by atoms with Crippen molar-refractivity contribution >= 4 is 10.9 Å². The maximum Gasteiger partial charge on any atom is 0.306 e. The third-order valence-electron chi connectivity index (χ3n) is 3.04. The number of aliphatic hydroxyl groups is 1. The lowest BCUT2D eigenvalue weighted by atomic mass is 10.2. The van der Waals surface area contributed by atoms with Crippen LogP contribution in [0.1, 0.15) is 6.92 Å². The van der Waals surface area contributed by atoms with Crippen LogP contribution in [-0.2, 0) is 0 Å². The SMILES string of the molecule is CC(O)Oc1nc2ccccc2c(=O)n1-c1ccccc1. The highest BCUT2D eigenvalue weighted by Gasteiger charge is 2.14. The fourth-order valence-corrected chi connectivity index (χ4v) is 2.15. The molecule has 0 bridgehead atoms. The average Bonchev–Trinajstić information content (AvgIpc) is 2.48. The van der Waals surface area contributed by atoms with E-state index in [-0.39, 0.29) is 11.6 Å². The third kappa shape index (κ3) is 2.51. The molecule has 1 heterocycles. The summed E-state index contributed by atoms with van der Waals surface area (Å²) >= 11 is 0. The molecule has 0 saturated heterocycles. The van der Waals surface area contributed by atoms with Crippen molar-refractivity contribution in [2.45, 2.75) is 13.2 Å². The Balaban J connectivity index is 2.34. The number of nitrogens with zero attached hydrogens (tertiary/aromatic N) is 2. The van der Waals surface area contributed by atoms with Gasteiger partial charge in [-0.3, -0.25) is 4.79 Å². The van der Waals surface area contributed by atoms with Crippen molar-refractivity contribution in [3.63, 3.8) is 0 Å². The Bertz CT molecular complexity index is 826. The van der Waals surface area contributed by atoms with Gasteiger partial charge in [0.1, 0.15) is 0 Å².